The van der Waals surface area contributed by atoms with Crippen LogP contribution in [0.15, 0.2) is 72.8 Å². The predicted octanol–water partition coefficient (Wildman–Crippen LogP) is 2.72. The number of carbonyl (C=O) groups excluding carboxylic acids is 3. The molecule has 1 saturated heterocycles. The van der Waals surface area contributed by atoms with E-state index in [9.17, 15) is 14.4 Å². The number of hydrogen-bond donors (Lipinski definition) is 4. The van der Waals surface area contributed by atoms with Crippen LogP contribution in [0.4, 0.5) is 4.79 Å². The average Bonchev–Trinajstić information content (AvgIpc) is 3.49. The highest BCUT2D eigenvalue weighted by atomic mass is 16.5. The van der Waals surface area contributed by atoms with Crippen LogP contribution in [0.5, 0.6) is 0 Å². The van der Waals surface area contributed by atoms with E-state index in [-0.39, 0.29) is 30.8 Å². The van der Waals surface area contributed by atoms with Crippen LogP contribution in [0.3, 0.4) is 0 Å². The highest BCUT2D eigenvalue weighted by Crippen LogP contribution is 2.19. The Bertz CT molecular complexity index is 1280. The molecule has 1 fully saturated rings. The summed E-state index contributed by atoms with van der Waals surface area (Å²) in [6.45, 7) is 1.32. The first kappa shape index (κ1) is 29.2. The molecule has 0 bridgehead atoms. The van der Waals surface area contributed by atoms with Gasteiger partial charge in [-0.25, -0.2) is 10.2 Å². The Hall–Kier alpha value is -3.79. The number of carbonyl (C=O) groups is 3. The van der Waals surface area contributed by atoms with Crippen molar-refractivity contribution in [3.63, 3.8) is 0 Å². The molecule has 1 aliphatic rings. The standard InChI is InChI=1S/C31H39N5O4/c1-36(29(38)21-40-20-26-12-7-17-33-26)27(19-22-8-3-2-4-9-22)30(34-35-31(32)39)28(37)16-14-23-13-15-24-10-5-6-11-25(24)18-23/h2-6,8-11,13,15,18,26-27,30,33-34H,7,12,14,16-17,19-21H2,1H3,(H3,32,35,39)/t26-,27+,30?/m1/s1. The van der Waals surface area contributed by atoms with Crippen molar-refractivity contribution in [2.24, 2.45) is 5.73 Å². The van der Waals surface area contributed by atoms with Gasteiger partial charge in [-0.05, 0) is 54.1 Å². The Kier molecular flexibility index (Phi) is 10.6. The van der Waals surface area contributed by atoms with Gasteiger partial charge in [0.15, 0.2) is 5.78 Å². The fourth-order valence-corrected chi connectivity index (χ4v) is 5.17. The number of ketones is 1. The van der Waals surface area contributed by atoms with Crippen molar-refractivity contribution in [2.45, 2.75) is 50.2 Å². The monoisotopic (exact) mass is 545 g/mol. The molecule has 0 radical (unpaired) electrons. The van der Waals surface area contributed by atoms with E-state index in [1.54, 1.807) is 11.9 Å². The molecule has 5 N–H and O–H groups in total. The molecule has 9 nitrogen and oxygen atoms in total. The molecular formula is C31H39N5O4. The van der Waals surface area contributed by atoms with Crippen LogP contribution in [0.1, 0.15) is 30.4 Å². The maximum absolute atomic E-state index is 13.7. The normalized spacial score (nSPS) is 16.4. The van der Waals surface area contributed by atoms with E-state index < -0.39 is 18.1 Å². The Morgan fingerprint density at radius 2 is 1.77 bits per heavy atom. The van der Waals surface area contributed by atoms with Gasteiger partial charge in [-0.1, -0.05) is 72.8 Å². The number of ether oxygens (including phenoxy) is 1. The van der Waals surface area contributed by atoms with Crippen molar-refractivity contribution in [3.8, 4) is 0 Å². The van der Waals surface area contributed by atoms with Gasteiger partial charge < -0.3 is 20.7 Å². The summed E-state index contributed by atoms with van der Waals surface area (Å²) in [6, 6.07) is 21.8. The van der Waals surface area contributed by atoms with Crippen LogP contribution in [-0.4, -0.2) is 67.6 Å². The molecular weight excluding hydrogens is 506 g/mol. The molecule has 3 aromatic carbocycles. The second-order valence-electron chi connectivity index (χ2n) is 10.3. The molecule has 40 heavy (non-hydrogen) atoms. The summed E-state index contributed by atoms with van der Waals surface area (Å²) in [5, 5.41) is 5.60. The Labute approximate surface area is 235 Å². The first-order chi connectivity index (χ1) is 19.4. The number of hydrogen-bond acceptors (Lipinski definition) is 6. The molecule has 1 heterocycles. The number of nitrogens with two attached hydrogens (primary N) is 1. The topological polar surface area (TPSA) is 126 Å². The third kappa shape index (κ3) is 8.35. The number of rotatable bonds is 14. The number of urea groups is 1. The number of amides is 3. The van der Waals surface area contributed by atoms with E-state index in [1.807, 2.05) is 60.7 Å². The number of primary amides is 1. The maximum atomic E-state index is 13.7. The molecule has 1 unspecified atom stereocenters. The van der Waals surface area contributed by atoms with Crippen molar-refractivity contribution in [1.29, 1.82) is 0 Å². The lowest BCUT2D eigenvalue weighted by Gasteiger charge is -2.34. The second kappa shape index (κ2) is 14.6. The van der Waals surface area contributed by atoms with Gasteiger partial charge in [0, 0.05) is 19.5 Å². The van der Waals surface area contributed by atoms with Gasteiger partial charge in [-0.15, -0.1) is 0 Å². The first-order valence-electron chi connectivity index (χ1n) is 13.8. The molecule has 3 atom stereocenters. The number of hydrazine groups is 1. The molecule has 9 heteroatoms. The van der Waals surface area contributed by atoms with E-state index >= 15 is 0 Å². The molecule has 0 aromatic heterocycles. The van der Waals surface area contributed by atoms with E-state index in [0.717, 1.165) is 41.3 Å². The highest BCUT2D eigenvalue weighted by Gasteiger charge is 2.34. The molecule has 3 amide bonds. The highest BCUT2D eigenvalue weighted by molar-refractivity contribution is 5.87. The number of nitrogens with one attached hydrogen (secondary N) is 3. The molecule has 0 saturated carbocycles. The van der Waals surface area contributed by atoms with Gasteiger partial charge in [-0.3, -0.25) is 15.0 Å². The second-order valence-corrected chi connectivity index (χ2v) is 10.3. The lowest BCUT2D eigenvalue weighted by atomic mass is 9.92. The van der Waals surface area contributed by atoms with Crippen LogP contribution in [0.25, 0.3) is 10.8 Å². The largest absolute Gasteiger partial charge is 0.370 e. The maximum Gasteiger partial charge on any atom is 0.326 e. The average molecular weight is 546 g/mol. The van der Waals surface area contributed by atoms with E-state index in [4.69, 9.17) is 10.5 Å². The molecule has 0 aliphatic carbocycles. The minimum Gasteiger partial charge on any atom is -0.370 e. The third-order valence-corrected chi connectivity index (χ3v) is 7.44. The summed E-state index contributed by atoms with van der Waals surface area (Å²) in [5.74, 6) is -0.384. The molecule has 1 aliphatic heterocycles. The number of likely N-dealkylation sites (N-methyl/N-ethyl adjacent to an activating group) is 1. The summed E-state index contributed by atoms with van der Waals surface area (Å²) in [4.78, 5) is 40.1. The van der Waals surface area contributed by atoms with Crippen LogP contribution >= 0.6 is 0 Å². The van der Waals surface area contributed by atoms with Gasteiger partial charge in [0.05, 0.1) is 12.6 Å². The lowest BCUT2D eigenvalue weighted by molar-refractivity contribution is -0.138. The smallest absolute Gasteiger partial charge is 0.326 e. The Morgan fingerprint density at radius 1 is 1.02 bits per heavy atom. The van der Waals surface area contributed by atoms with Crippen molar-refractivity contribution in [3.05, 3.63) is 83.9 Å². The van der Waals surface area contributed by atoms with Crippen molar-refractivity contribution >= 4 is 28.5 Å². The van der Waals surface area contributed by atoms with Gasteiger partial charge >= 0.3 is 6.03 Å². The van der Waals surface area contributed by atoms with Crippen LogP contribution in [0, 0.1) is 0 Å². The van der Waals surface area contributed by atoms with E-state index in [2.05, 4.69) is 28.3 Å². The van der Waals surface area contributed by atoms with Gasteiger partial charge in [0.2, 0.25) is 5.91 Å². The van der Waals surface area contributed by atoms with Crippen molar-refractivity contribution in [2.75, 3.05) is 26.8 Å². The van der Waals surface area contributed by atoms with E-state index in [0.29, 0.717) is 19.4 Å². The first-order valence-corrected chi connectivity index (χ1v) is 13.8. The molecule has 4 rings (SSSR count). The zero-order chi connectivity index (χ0) is 28.3. The molecule has 3 aromatic rings. The number of Topliss-reactive ketones (excluding diaryl/α,β-unsaturated/α-hetero) is 1. The summed E-state index contributed by atoms with van der Waals surface area (Å²) in [6.07, 6.45) is 3.26. The predicted molar refractivity (Wildman–Crippen MR) is 155 cm³/mol. The summed E-state index contributed by atoms with van der Waals surface area (Å²) in [5.41, 5.74) is 12.5. The zero-order valence-electron chi connectivity index (χ0n) is 23.0. The zero-order valence-corrected chi connectivity index (χ0v) is 23.0. The number of nitrogens with zero attached hydrogens (tertiary/aromatic N) is 1. The summed E-state index contributed by atoms with van der Waals surface area (Å²) < 4.78 is 5.73. The number of fused-ring (bicyclic) bond motifs is 1. The van der Waals surface area contributed by atoms with Crippen LogP contribution in [0.2, 0.25) is 0 Å². The van der Waals surface area contributed by atoms with Gasteiger partial charge in [0.1, 0.15) is 12.6 Å². The fraction of sp³-hybridized carbons (Fsp3) is 0.387. The van der Waals surface area contributed by atoms with Gasteiger partial charge in [-0.2, -0.15) is 0 Å². The quantitative estimate of drug-likeness (QED) is 0.231. The summed E-state index contributed by atoms with van der Waals surface area (Å²) in [7, 11) is 1.67. The molecule has 0 spiro atoms. The third-order valence-electron chi connectivity index (χ3n) is 7.44. The Balaban J connectivity index is 1.50. The van der Waals surface area contributed by atoms with E-state index in [1.165, 1.54) is 0 Å². The fourth-order valence-electron chi connectivity index (χ4n) is 5.17. The number of benzene rings is 3. The minimum absolute atomic E-state index is 0.0960. The Morgan fingerprint density at radius 3 is 2.50 bits per heavy atom. The lowest BCUT2D eigenvalue weighted by Crippen LogP contribution is -2.60. The summed E-state index contributed by atoms with van der Waals surface area (Å²) >= 11 is 0. The van der Waals surface area contributed by atoms with Crippen molar-refractivity contribution in [1.82, 2.24) is 21.1 Å². The number of aryl methyl sites for hydroxylation is 1. The van der Waals surface area contributed by atoms with Crippen molar-refractivity contribution < 1.29 is 19.1 Å². The SMILES string of the molecule is CN(C(=O)COC[C@H]1CCCN1)[C@@H](Cc1ccccc1)C(NNC(N)=O)C(=O)CCc1ccc2ccccc2c1. The molecule has 212 valence electrons. The van der Waals surface area contributed by atoms with Gasteiger partial charge in [0.25, 0.3) is 0 Å². The van der Waals surface area contributed by atoms with Crippen LogP contribution in [-0.2, 0) is 27.2 Å². The van der Waals surface area contributed by atoms with Crippen LogP contribution < -0.4 is 21.9 Å². The minimum atomic E-state index is -0.890.